The molecule has 0 aromatic carbocycles. The number of rotatable bonds is 6. The first-order chi connectivity index (χ1) is 11.0. The Morgan fingerprint density at radius 2 is 2.13 bits per heavy atom. The number of hydrogen-bond acceptors (Lipinski definition) is 4. The van der Waals surface area contributed by atoms with Gasteiger partial charge in [0.15, 0.2) is 0 Å². The van der Waals surface area contributed by atoms with Crippen molar-refractivity contribution in [2.45, 2.75) is 51.6 Å². The van der Waals surface area contributed by atoms with Crippen LogP contribution in [0.15, 0.2) is 16.5 Å². The van der Waals surface area contributed by atoms with E-state index in [1.165, 1.54) is 12.1 Å². The minimum absolute atomic E-state index is 0.0125. The van der Waals surface area contributed by atoms with E-state index in [1.807, 2.05) is 6.92 Å². The van der Waals surface area contributed by atoms with Crippen molar-refractivity contribution in [1.82, 2.24) is 10.2 Å². The highest BCUT2D eigenvalue weighted by atomic mass is 16.4. The quantitative estimate of drug-likeness (QED) is 0.831. The fraction of sp³-hybridized carbons (Fsp3) is 0.562. The fourth-order valence-corrected chi connectivity index (χ4v) is 2.74. The molecule has 0 saturated carbocycles. The van der Waals surface area contributed by atoms with Gasteiger partial charge < -0.3 is 19.7 Å². The largest absolute Gasteiger partial charge is 0.475 e. The maximum absolute atomic E-state index is 12.4. The maximum atomic E-state index is 12.4. The van der Waals surface area contributed by atoms with Crippen LogP contribution in [0.25, 0.3) is 0 Å². The van der Waals surface area contributed by atoms with Crippen molar-refractivity contribution in [3.63, 3.8) is 0 Å². The predicted octanol–water partition coefficient (Wildman–Crippen LogP) is 1.78. The number of carboxylic acids is 1. The van der Waals surface area contributed by atoms with E-state index in [0.29, 0.717) is 25.1 Å². The van der Waals surface area contributed by atoms with E-state index in [2.05, 4.69) is 5.32 Å². The van der Waals surface area contributed by atoms with Gasteiger partial charge in [-0.2, -0.15) is 0 Å². The third-order valence-electron chi connectivity index (χ3n) is 3.90. The van der Waals surface area contributed by atoms with Gasteiger partial charge in [0.2, 0.25) is 17.6 Å². The number of carbonyl (C=O) groups excluding carboxylic acids is 2. The van der Waals surface area contributed by atoms with Crippen LogP contribution < -0.4 is 5.32 Å². The van der Waals surface area contributed by atoms with Crippen LogP contribution in [0.2, 0.25) is 0 Å². The van der Waals surface area contributed by atoms with Crippen molar-refractivity contribution in [3.8, 4) is 0 Å². The molecule has 0 spiro atoms. The fourth-order valence-electron chi connectivity index (χ4n) is 2.74. The average Bonchev–Trinajstić information content (AvgIpc) is 3.02. The van der Waals surface area contributed by atoms with Gasteiger partial charge in [-0.1, -0.05) is 6.92 Å². The third kappa shape index (κ3) is 4.34. The van der Waals surface area contributed by atoms with E-state index in [9.17, 15) is 14.4 Å². The maximum Gasteiger partial charge on any atom is 0.371 e. The van der Waals surface area contributed by atoms with Crippen LogP contribution in [0.1, 0.15) is 55.3 Å². The predicted molar refractivity (Wildman–Crippen MR) is 81.8 cm³/mol. The number of hydrogen-bond donors (Lipinski definition) is 2. The van der Waals surface area contributed by atoms with Crippen LogP contribution in [0.5, 0.6) is 0 Å². The molecule has 0 aliphatic carbocycles. The highest BCUT2D eigenvalue weighted by Gasteiger charge is 2.31. The summed E-state index contributed by atoms with van der Waals surface area (Å²) in [5, 5.41) is 11.5. The smallest absolute Gasteiger partial charge is 0.371 e. The zero-order valence-corrected chi connectivity index (χ0v) is 13.2. The summed E-state index contributed by atoms with van der Waals surface area (Å²) >= 11 is 0. The Morgan fingerprint density at radius 3 is 2.78 bits per heavy atom. The summed E-state index contributed by atoms with van der Waals surface area (Å²) in [5.41, 5.74) is 0. The molecule has 2 amide bonds. The average molecular weight is 322 g/mol. The van der Waals surface area contributed by atoms with E-state index >= 15 is 0 Å². The lowest BCUT2D eigenvalue weighted by Crippen LogP contribution is -2.51. The van der Waals surface area contributed by atoms with Crippen LogP contribution in [0.4, 0.5) is 0 Å². The van der Waals surface area contributed by atoms with Crippen molar-refractivity contribution in [3.05, 3.63) is 23.7 Å². The van der Waals surface area contributed by atoms with Crippen molar-refractivity contribution in [2.75, 3.05) is 6.54 Å². The molecule has 2 rings (SSSR count). The first-order valence-corrected chi connectivity index (χ1v) is 7.92. The Morgan fingerprint density at radius 1 is 1.35 bits per heavy atom. The molecule has 0 radical (unpaired) electrons. The standard InChI is InChI=1S/C16H22N2O5/c1-2-5-14(19)18-9-4-3-6-12(18)15(20)17-10-11-7-8-13(23-11)16(21)22/h7-8,12H,2-6,9-10H2,1H3,(H,17,20)(H,21,22). The number of likely N-dealkylation sites (tertiary alicyclic amines) is 1. The van der Waals surface area contributed by atoms with Gasteiger partial charge in [0.25, 0.3) is 0 Å². The van der Waals surface area contributed by atoms with Crippen LogP contribution in [0, 0.1) is 0 Å². The van der Waals surface area contributed by atoms with Gasteiger partial charge in [-0.05, 0) is 37.8 Å². The number of nitrogens with zero attached hydrogens (tertiary/aromatic N) is 1. The van der Waals surface area contributed by atoms with Crippen LogP contribution in [0.3, 0.4) is 0 Å². The molecule has 1 fully saturated rings. The van der Waals surface area contributed by atoms with Gasteiger partial charge in [-0.3, -0.25) is 9.59 Å². The van der Waals surface area contributed by atoms with E-state index in [1.54, 1.807) is 4.90 Å². The van der Waals surface area contributed by atoms with Gasteiger partial charge in [-0.15, -0.1) is 0 Å². The molecule has 1 aromatic heterocycles. The molecule has 1 atom stereocenters. The summed E-state index contributed by atoms with van der Waals surface area (Å²) in [4.78, 5) is 36.9. The monoisotopic (exact) mass is 322 g/mol. The number of amides is 2. The molecule has 1 unspecified atom stereocenters. The van der Waals surface area contributed by atoms with Crippen molar-refractivity contribution >= 4 is 17.8 Å². The summed E-state index contributed by atoms with van der Waals surface area (Å²) < 4.78 is 5.10. The first kappa shape index (κ1) is 17.1. The molecule has 1 saturated heterocycles. The molecule has 1 aliphatic heterocycles. The first-order valence-electron chi connectivity index (χ1n) is 7.92. The molecule has 2 N–H and O–H groups in total. The lowest BCUT2D eigenvalue weighted by molar-refractivity contribution is -0.142. The Labute approximate surface area is 134 Å². The normalized spacial score (nSPS) is 17.8. The highest BCUT2D eigenvalue weighted by Crippen LogP contribution is 2.19. The van der Waals surface area contributed by atoms with Crippen LogP contribution in [-0.2, 0) is 16.1 Å². The second kappa shape index (κ2) is 7.80. The topological polar surface area (TPSA) is 99.9 Å². The molecular weight excluding hydrogens is 300 g/mol. The van der Waals surface area contributed by atoms with E-state index < -0.39 is 12.0 Å². The second-order valence-corrected chi connectivity index (χ2v) is 5.64. The highest BCUT2D eigenvalue weighted by molar-refractivity contribution is 5.88. The van der Waals surface area contributed by atoms with Crippen molar-refractivity contribution in [2.24, 2.45) is 0 Å². The zero-order valence-electron chi connectivity index (χ0n) is 13.2. The molecule has 0 bridgehead atoms. The molecule has 7 nitrogen and oxygen atoms in total. The SMILES string of the molecule is CCCC(=O)N1CCCCC1C(=O)NCc1ccc(C(=O)O)o1. The Bertz CT molecular complexity index is 581. The lowest BCUT2D eigenvalue weighted by atomic mass is 10.0. The van der Waals surface area contributed by atoms with Crippen LogP contribution >= 0.6 is 0 Å². The Balaban J connectivity index is 1.94. The Kier molecular flexibility index (Phi) is 5.78. The van der Waals surface area contributed by atoms with Gasteiger partial charge in [0, 0.05) is 13.0 Å². The molecule has 1 aliphatic rings. The number of nitrogens with one attached hydrogen (secondary N) is 1. The number of furan rings is 1. The molecule has 7 heteroatoms. The summed E-state index contributed by atoms with van der Waals surface area (Å²) in [5.74, 6) is -1.14. The third-order valence-corrected chi connectivity index (χ3v) is 3.90. The minimum Gasteiger partial charge on any atom is -0.475 e. The minimum atomic E-state index is -1.15. The van der Waals surface area contributed by atoms with Gasteiger partial charge in [0.1, 0.15) is 11.8 Å². The van der Waals surface area contributed by atoms with Gasteiger partial charge >= 0.3 is 5.97 Å². The number of carboxylic acid groups (broad SMARTS) is 1. The van der Waals surface area contributed by atoms with Crippen molar-refractivity contribution < 1.29 is 23.9 Å². The summed E-state index contributed by atoms with van der Waals surface area (Å²) in [7, 11) is 0. The summed E-state index contributed by atoms with van der Waals surface area (Å²) in [6, 6.07) is 2.42. The zero-order chi connectivity index (χ0) is 16.8. The van der Waals surface area contributed by atoms with Gasteiger partial charge in [-0.25, -0.2) is 4.79 Å². The summed E-state index contributed by atoms with van der Waals surface area (Å²) in [6.45, 7) is 2.66. The molecule has 2 heterocycles. The van der Waals surface area contributed by atoms with Crippen molar-refractivity contribution in [1.29, 1.82) is 0 Å². The lowest BCUT2D eigenvalue weighted by Gasteiger charge is -2.34. The molecular formula is C16H22N2O5. The number of aromatic carboxylic acids is 1. The van der Waals surface area contributed by atoms with E-state index in [4.69, 9.17) is 9.52 Å². The second-order valence-electron chi connectivity index (χ2n) is 5.64. The van der Waals surface area contributed by atoms with Gasteiger partial charge in [0.05, 0.1) is 6.54 Å². The van der Waals surface area contributed by atoms with E-state index in [0.717, 1.165) is 19.3 Å². The molecule has 126 valence electrons. The van der Waals surface area contributed by atoms with E-state index in [-0.39, 0.29) is 24.1 Å². The van der Waals surface area contributed by atoms with Crippen LogP contribution in [-0.4, -0.2) is 40.4 Å². The Hall–Kier alpha value is -2.31. The molecule has 1 aromatic rings. The number of piperidine rings is 1. The molecule has 23 heavy (non-hydrogen) atoms. The number of carbonyl (C=O) groups is 3. The summed E-state index contributed by atoms with van der Waals surface area (Å²) in [6.07, 6.45) is 3.69.